The Hall–Kier alpha value is -3.38. The fraction of sp³-hybridized carbons (Fsp3) is 0.167. The molecule has 0 aliphatic rings. The molecule has 2 aromatic heterocycles. The molecule has 0 saturated heterocycles. The molecule has 0 aliphatic heterocycles. The third-order valence-electron chi connectivity index (χ3n) is 4.69. The first-order valence-electron chi connectivity index (χ1n) is 9.61. The van der Waals surface area contributed by atoms with E-state index in [-0.39, 0.29) is 5.91 Å². The summed E-state index contributed by atoms with van der Waals surface area (Å²) in [4.78, 5) is 20.9. The number of thiazole rings is 1. The smallest absolute Gasteiger partial charge is 0.274 e. The van der Waals surface area contributed by atoms with Crippen molar-refractivity contribution < 1.29 is 13.9 Å². The molecule has 1 amide bonds. The number of furan rings is 1. The van der Waals surface area contributed by atoms with Crippen LogP contribution in [0.2, 0.25) is 0 Å². The highest BCUT2D eigenvalue weighted by molar-refractivity contribution is 7.15. The van der Waals surface area contributed by atoms with Gasteiger partial charge in [-0.15, -0.1) is 11.3 Å². The SMILES string of the molecule is COc1cccc(CN(Cc2ccco2)C(=O)c2nc(C)sc2-c2ccccc2)c1. The van der Waals surface area contributed by atoms with Crippen molar-refractivity contribution in [1.82, 2.24) is 9.88 Å². The molecule has 30 heavy (non-hydrogen) atoms. The van der Waals surface area contributed by atoms with Crippen molar-refractivity contribution in [1.29, 1.82) is 0 Å². The summed E-state index contributed by atoms with van der Waals surface area (Å²) in [5, 5.41) is 0.858. The molecule has 0 fully saturated rings. The van der Waals surface area contributed by atoms with Gasteiger partial charge in [0.05, 0.1) is 29.8 Å². The van der Waals surface area contributed by atoms with E-state index < -0.39 is 0 Å². The van der Waals surface area contributed by atoms with Crippen LogP contribution in [-0.4, -0.2) is 22.9 Å². The topological polar surface area (TPSA) is 55.6 Å². The van der Waals surface area contributed by atoms with Gasteiger partial charge in [-0.2, -0.15) is 0 Å². The zero-order valence-electron chi connectivity index (χ0n) is 16.9. The van der Waals surface area contributed by atoms with Crippen molar-refractivity contribution in [3.63, 3.8) is 0 Å². The fourth-order valence-electron chi connectivity index (χ4n) is 3.29. The average Bonchev–Trinajstić information content (AvgIpc) is 3.43. The van der Waals surface area contributed by atoms with Crippen molar-refractivity contribution in [3.05, 3.63) is 95.0 Å². The number of hydrogen-bond acceptors (Lipinski definition) is 5. The number of hydrogen-bond donors (Lipinski definition) is 0. The van der Waals surface area contributed by atoms with Crippen LogP contribution in [0.25, 0.3) is 10.4 Å². The summed E-state index contributed by atoms with van der Waals surface area (Å²) in [6.07, 6.45) is 1.62. The number of aryl methyl sites for hydroxylation is 1. The minimum Gasteiger partial charge on any atom is -0.497 e. The van der Waals surface area contributed by atoms with Crippen molar-refractivity contribution in [2.24, 2.45) is 0 Å². The second-order valence-corrected chi connectivity index (χ2v) is 8.07. The van der Waals surface area contributed by atoms with Crippen molar-refractivity contribution >= 4 is 17.2 Å². The molecular formula is C24H22N2O3S. The van der Waals surface area contributed by atoms with Crippen LogP contribution >= 0.6 is 11.3 Å². The molecule has 2 aromatic carbocycles. The van der Waals surface area contributed by atoms with E-state index in [1.165, 1.54) is 11.3 Å². The van der Waals surface area contributed by atoms with E-state index in [9.17, 15) is 4.79 Å². The summed E-state index contributed by atoms with van der Waals surface area (Å²) in [6.45, 7) is 2.70. The Kier molecular flexibility index (Phi) is 5.95. The third-order valence-corrected chi connectivity index (χ3v) is 5.71. The van der Waals surface area contributed by atoms with Gasteiger partial charge in [0.25, 0.3) is 5.91 Å². The van der Waals surface area contributed by atoms with Crippen molar-refractivity contribution in [3.8, 4) is 16.2 Å². The number of amides is 1. The lowest BCUT2D eigenvalue weighted by Gasteiger charge is -2.22. The summed E-state index contributed by atoms with van der Waals surface area (Å²) in [7, 11) is 1.63. The van der Waals surface area contributed by atoms with Crippen LogP contribution in [0.4, 0.5) is 0 Å². The van der Waals surface area contributed by atoms with E-state index in [0.29, 0.717) is 18.8 Å². The van der Waals surface area contributed by atoms with E-state index in [0.717, 1.165) is 32.5 Å². The highest BCUT2D eigenvalue weighted by atomic mass is 32.1. The van der Waals surface area contributed by atoms with Gasteiger partial charge >= 0.3 is 0 Å². The minimum atomic E-state index is -0.127. The molecule has 0 spiro atoms. The molecule has 0 radical (unpaired) electrons. The number of methoxy groups -OCH3 is 1. The van der Waals surface area contributed by atoms with Gasteiger partial charge in [-0.1, -0.05) is 42.5 Å². The first kappa shape index (κ1) is 19.9. The van der Waals surface area contributed by atoms with E-state index >= 15 is 0 Å². The maximum Gasteiger partial charge on any atom is 0.274 e. The Morgan fingerprint density at radius 3 is 2.63 bits per heavy atom. The van der Waals surface area contributed by atoms with Crippen LogP contribution in [0.3, 0.4) is 0 Å². The first-order chi connectivity index (χ1) is 14.6. The molecule has 4 rings (SSSR count). The van der Waals surface area contributed by atoms with Crippen LogP contribution in [-0.2, 0) is 13.1 Å². The Morgan fingerprint density at radius 2 is 1.90 bits per heavy atom. The predicted octanol–water partition coefficient (Wildman–Crippen LogP) is 5.56. The maximum atomic E-state index is 13.6. The molecule has 152 valence electrons. The van der Waals surface area contributed by atoms with Gasteiger partial charge < -0.3 is 14.1 Å². The molecule has 0 unspecified atom stereocenters. The number of rotatable bonds is 7. The maximum absolute atomic E-state index is 13.6. The monoisotopic (exact) mass is 418 g/mol. The predicted molar refractivity (Wildman–Crippen MR) is 118 cm³/mol. The molecule has 0 aliphatic carbocycles. The number of aromatic nitrogens is 1. The van der Waals surface area contributed by atoms with Gasteiger partial charge in [-0.25, -0.2) is 4.98 Å². The molecule has 2 heterocycles. The van der Waals surface area contributed by atoms with Gasteiger partial charge in [0, 0.05) is 6.54 Å². The van der Waals surface area contributed by atoms with Crippen LogP contribution in [0.1, 0.15) is 26.8 Å². The number of carbonyl (C=O) groups is 1. The zero-order valence-corrected chi connectivity index (χ0v) is 17.7. The molecule has 0 atom stereocenters. The summed E-state index contributed by atoms with van der Waals surface area (Å²) in [5.74, 6) is 1.35. The molecule has 0 N–H and O–H groups in total. The molecule has 5 nitrogen and oxygen atoms in total. The summed E-state index contributed by atoms with van der Waals surface area (Å²) < 4.78 is 10.9. The second-order valence-electron chi connectivity index (χ2n) is 6.87. The van der Waals surface area contributed by atoms with Gasteiger partial charge in [0.1, 0.15) is 17.2 Å². The number of ether oxygens (including phenoxy) is 1. The molecule has 0 bridgehead atoms. The third kappa shape index (κ3) is 4.44. The summed E-state index contributed by atoms with van der Waals surface area (Å²) in [6, 6.07) is 21.3. The van der Waals surface area contributed by atoms with Gasteiger partial charge in [-0.3, -0.25) is 4.79 Å². The second kappa shape index (κ2) is 8.97. The Morgan fingerprint density at radius 1 is 1.07 bits per heavy atom. The molecular weight excluding hydrogens is 396 g/mol. The Labute approximate surface area is 179 Å². The molecule has 4 aromatic rings. The summed E-state index contributed by atoms with van der Waals surface area (Å²) in [5.41, 5.74) is 2.44. The van der Waals surface area contributed by atoms with Crippen LogP contribution in [0, 0.1) is 6.92 Å². The van der Waals surface area contributed by atoms with E-state index in [4.69, 9.17) is 9.15 Å². The van der Waals surface area contributed by atoms with Gasteiger partial charge in [-0.05, 0) is 42.3 Å². The zero-order chi connectivity index (χ0) is 20.9. The van der Waals surface area contributed by atoms with Crippen molar-refractivity contribution in [2.75, 3.05) is 7.11 Å². The number of carbonyl (C=O) groups excluding carboxylic acids is 1. The summed E-state index contributed by atoms with van der Waals surface area (Å²) >= 11 is 1.53. The highest BCUT2D eigenvalue weighted by Crippen LogP contribution is 2.31. The van der Waals surface area contributed by atoms with Gasteiger partial charge in [0.2, 0.25) is 0 Å². The van der Waals surface area contributed by atoms with Crippen molar-refractivity contribution in [2.45, 2.75) is 20.0 Å². The largest absolute Gasteiger partial charge is 0.497 e. The van der Waals surface area contributed by atoms with Gasteiger partial charge in [0.15, 0.2) is 0 Å². The molecule has 6 heteroatoms. The lowest BCUT2D eigenvalue weighted by molar-refractivity contribution is 0.0713. The Balaban J connectivity index is 1.69. The van der Waals surface area contributed by atoms with E-state index in [1.807, 2.05) is 73.7 Å². The molecule has 0 saturated carbocycles. The average molecular weight is 419 g/mol. The van der Waals surface area contributed by atoms with Crippen LogP contribution in [0.5, 0.6) is 5.75 Å². The van der Waals surface area contributed by atoms with Crippen LogP contribution in [0.15, 0.2) is 77.4 Å². The fourth-order valence-corrected chi connectivity index (χ4v) is 4.20. The van der Waals surface area contributed by atoms with E-state index in [1.54, 1.807) is 18.3 Å². The first-order valence-corrected chi connectivity index (χ1v) is 10.4. The van der Waals surface area contributed by atoms with E-state index in [2.05, 4.69) is 4.98 Å². The normalized spacial score (nSPS) is 10.7. The number of nitrogens with zero attached hydrogens (tertiary/aromatic N) is 2. The minimum absolute atomic E-state index is 0.127. The standard InChI is InChI=1S/C24H22N2O3S/c1-17-25-22(23(30-17)19-9-4-3-5-10-19)24(27)26(16-21-12-7-13-29-21)15-18-8-6-11-20(14-18)28-2/h3-14H,15-16H2,1-2H3. The number of benzene rings is 2. The Bertz CT molecular complexity index is 1120. The quantitative estimate of drug-likeness (QED) is 0.394. The highest BCUT2D eigenvalue weighted by Gasteiger charge is 2.25. The van der Waals surface area contributed by atoms with Crippen LogP contribution < -0.4 is 4.74 Å². The lowest BCUT2D eigenvalue weighted by Crippen LogP contribution is -2.30. The lowest BCUT2D eigenvalue weighted by atomic mass is 10.1.